The Morgan fingerprint density at radius 1 is 1.19 bits per heavy atom. The van der Waals surface area contributed by atoms with Crippen molar-refractivity contribution in [2.75, 3.05) is 24.5 Å². The van der Waals surface area contributed by atoms with E-state index < -0.39 is 0 Å². The maximum Gasteiger partial charge on any atom is 0.157 e. The summed E-state index contributed by atoms with van der Waals surface area (Å²) in [4.78, 5) is 7.14. The van der Waals surface area contributed by atoms with Crippen LogP contribution in [0.25, 0.3) is 5.65 Å². The van der Waals surface area contributed by atoms with Crippen molar-refractivity contribution < 1.29 is 4.74 Å². The third-order valence-electron chi connectivity index (χ3n) is 5.31. The monoisotopic (exact) mass is 349 g/mol. The lowest BCUT2D eigenvalue weighted by Crippen LogP contribution is -2.55. The third kappa shape index (κ3) is 2.52. The van der Waals surface area contributed by atoms with Crippen LogP contribution in [0.3, 0.4) is 0 Å². The van der Waals surface area contributed by atoms with Crippen molar-refractivity contribution in [1.29, 1.82) is 0 Å². The minimum atomic E-state index is 0.215. The Labute approximate surface area is 152 Å². The number of aromatic nitrogens is 3. The van der Waals surface area contributed by atoms with Gasteiger partial charge in [0.05, 0.1) is 25.0 Å². The lowest BCUT2D eigenvalue weighted by Gasteiger charge is -2.42. The zero-order chi connectivity index (χ0) is 17.7. The summed E-state index contributed by atoms with van der Waals surface area (Å²) >= 11 is 0. The Morgan fingerprint density at radius 2 is 2.08 bits per heavy atom. The minimum absolute atomic E-state index is 0.215. The van der Waals surface area contributed by atoms with Crippen molar-refractivity contribution in [3.05, 3.63) is 52.8 Å². The van der Waals surface area contributed by atoms with Crippen molar-refractivity contribution in [1.82, 2.24) is 19.9 Å². The Kier molecular flexibility index (Phi) is 3.60. The molecule has 26 heavy (non-hydrogen) atoms. The third-order valence-corrected chi connectivity index (χ3v) is 5.31. The molecule has 5 rings (SSSR count). The van der Waals surface area contributed by atoms with Gasteiger partial charge >= 0.3 is 0 Å². The Bertz CT molecular complexity index is 974. The standard InChI is InChI=1S/C20H23N5O/c1-13-3-4-18(14(2)9-13)26-15-11-24(12-15)20-16-5-7-21-10-17(16)23-19-6-8-22-25(19)20/h3-4,6,8-9,15,21H,5,7,10-12H2,1-2H3. The smallest absolute Gasteiger partial charge is 0.157 e. The van der Waals surface area contributed by atoms with E-state index >= 15 is 0 Å². The maximum absolute atomic E-state index is 6.23. The lowest BCUT2D eigenvalue weighted by atomic mass is 10.0. The van der Waals surface area contributed by atoms with Crippen LogP contribution in [-0.4, -0.2) is 40.3 Å². The van der Waals surface area contributed by atoms with Crippen molar-refractivity contribution in [3.63, 3.8) is 0 Å². The molecule has 2 aliphatic rings. The molecule has 1 saturated heterocycles. The second-order valence-electron chi connectivity index (χ2n) is 7.30. The highest BCUT2D eigenvalue weighted by Gasteiger charge is 2.33. The SMILES string of the molecule is Cc1ccc(OC2CN(c3c4c(nc5ccnn35)CNCC4)C2)c(C)c1. The molecule has 4 heterocycles. The topological polar surface area (TPSA) is 54.7 Å². The van der Waals surface area contributed by atoms with Gasteiger partial charge in [-0.05, 0) is 38.4 Å². The number of nitrogens with one attached hydrogen (secondary N) is 1. The maximum atomic E-state index is 6.23. The number of benzene rings is 1. The van der Waals surface area contributed by atoms with Crippen LogP contribution < -0.4 is 15.0 Å². The van der Waals surface area contributed by atoms with Gasteiger partial charge in [-0.2, -0.15) is 9.61 Å². The van der Waals surface area contributed by atoms with Gasteiger partial charge in [0.15, 0.2) is 5.65 Å². The van der Waals surface area contributed by atoms with Crippen molar-refractivity contribution in [2.45, 2.75) is 32.9 Å². The van der Waals surface area contributed by atoms with Crippen LogP contribution in [0.5, 0.6) is 5.75 Å². The highest BCUT2D eigenvalue weighted by Crippen LogP contribution is 2.31. The summed E-state index contributed by atoms with van der Waals surface area (Å²) in [5, 5.41) is 7.93. The van der Waals surface area contributed by atoms with E-state index in [0.29, 0.717) is 0 Å². The molecular formula is C20H23N5O. The van der Waals surface area contributed by atoms with E-state index in [9.17, 15) is 0 Å². The van der Waals surface area contributed by atoms with Crippen molar-refractivity contribution in [2.24, 2.45) is 0 Å². The van der Waals surface area contributed by atoms with Crippen LogP contribution in [0.2, 0.25) is 0 Å². The van der Waals surface area contributed by atoms with E-state index in [2.05, 4.69) is 47.4 Å². The van der Waals surface area contributed by atoms with Gasteiger partial charge in [0.1, 0.15) is 17.7 Å². The Hall–Kier alpha value is -2.60. The average Bonchev–Trinajstić information content (AvgIpc) is 3.06. The molecular weight excluding hydrogens is 326 g/mol. The minimum Gasteiger partial charge on any atom is -0.486 e. The molecule has 0 saturated carbocycles. The van der Waals surface area contributed by atoms with Gasteiger partial charge < -0.3 is 15.0 Å². The second-order valence-corrected chi connectivity index (χ2v) is 7.30. The Morgan fingerprint density at radius 3 is 2.92 bits per heavy atom. The van der Waals surface area contributed by atoms with E-state index in [-0.39, 0.29) is 6.10 Å². The molecule has 0 radical (unpaired) electrons. The normalized spacial score (nSPS) is 17.2. The number of fused-ring (bicyclic) bond motifs is 2. The molecule has 6 heteroatoms. The van der Waals surface area contributed by atoms with Gasteiger partial charge in [0, 0.05) is 18.2 Å². The van der Waals surface area contributed by atoms with E-state index in [0.717, 1.165) is 49.7 Å². The number of nitrogens with zero attached hydrogens (tertiary/aromatic N) is 4. The fourth-order valence-electron chi connectivity index (χ4n) is 3.95. The van der Waals surface area contributed by atoms with Gasteiger partial charge in [-0.1, -0.05) is 17.7 Å². The van der Waals surface area contributed by atoms with Crippen LogP contribution in [-0.2, 0) is 13.0 Å². The number of aryl methyl sites for hydroxylation is 2. The van der Waals surface area contributed by atoms with Crippen LogP contribution in [0, 0.1) is 13.8 Å². The van der Waals surface area contributed by atoms with Crippen molar-refractivity contribution >= 4 is 11.5 Å². The predicted molar refractivity (Wildman–Crippen MR) is 101 cm³/mol. The molecule has 2 aliphatic heterocycles. The highest BCUT2D eigenvalue weighted by molar-refractivity contribution is 5.59. The summed E-state index contributed by atoms with van der Waals surface area (Å²) in [6.07, 6.45) is 3.04. The van der Waals surface area contributed by atoms with E-state index in [1.54, 1.807) is 0 Å². The molecule has 0 amide bonds. The number of ether oxygens (including phenoxy) is 1. The predicted octanol–water partition coefficient (Wildman–Crippen LogP) is 2.26. The summed E-state index contributed by atoms with van der Waals surface area (Å²) in [5.41, 5.74) is 5.86. The van der Waals surface area contributed by atoms with Crippen LogP contribution in [0.4, 0.5) is 5.82 Å². The van der Waals surface area contributed by atoms with Crippen molar-refractivity contribution in [3.8, 4) is 5.75 Å². The van der Waals surface area contributed by atoms with E-state index in [4.69, 9.17) is 9.72 Å². The van der Waals surface area contributed by atoms with E-state index in [1.165, 1.54) is 22.5 Å². The summed E-state index contributed by atoms with van der Waals surface area (Å²) in [5.74, 6) is 2.18. The highest BCUT2D eigenvalue weighted by atomic mass is 16.5. The number of hydrogen-bond donors (Lipinski definition) is 1. The van der Waals surface area contributed by atoms with Crippen LogP contribution in [0.15, 0.2) is 30.5 Å². The molecule has 3 aromatic rings. The molecule has 2 aromatic heterocycles. The van der Waals surface area contributed by atoms with Gasteiger partial charge in [-0.15, -0.1) is 0 Å². The number of rotatable bonds is 3. The zero-order valence-corrected chi connectivity index (χ0v) is 15.2. The first-order valence-corrected chi connectivity index (χ1v) is 9.24. The molecule has 1 N–H and O–H groups in total. The zero-order valence-electron chi connectivity index (χ0n) is 15.2. The summed E-state index contributed by atoms with van der Waals surface area (Å²) in [6, 6.07) is 8.34. The largest absolute Gasteiger partial charge is 0.486 e. The number of hydrogen-bond acceptors (Lipinski definition) is 5. The summed E-state index contributed by atoms with van der Waals surface area (Å²) in [7, 11) is 0. The van der Waals surface area contributed by atoms with Gasteiger partial charge in [0.25, 0.3) is 0 Å². The molecule has 0 unspecified atom stereocenters. The molecule has 1 fully saturated rings. The Balaban J connectivity index is 1.40. The molecule has 0 aliphatic carbocycles. The van der Waals surface area contributed by atoms with Crippen LogP contribution >= 0.6 is 0 Å². The first-order chi connectivity index (χ1) is 12.7. The van der Waals surface area contributed by atoms with E-state index in [1.807, 2.05) is 16.8 Å². The summed E-state index contributed by atoms with van der Waals surface area (Å²) in [6.45, 7) is 7.81. The summed E-state index contributed by atoms with van der Waals surface area (Å²) < 4.78 is 8.21. The fourth-order valence-corrected chi connectivity index (χ4v) is 3.95. The quantitative estimate of drug-likeness (QED) is 0.786. The molecule has 6 nitrogen and oxygen atoms in total. The molecule has 134 valence electrons. The van der Waals surface area contributed by atoms with Crippen LogP contribution in [0.1, 0.15) is 22.4 Å². The molecule has 0 atom stereocenters. The number of anilines is 1. The first-order valence-electron chi connectivity index (χ1n) is 9.24. The molecule has 1 aromatic carbocycles. The molecule has 0 spiro atoms. The van der Waals surface area contributed by atoms with Gasteiger partial charge in [-0.3, -0.25) is 0 Å². The van der Waals surface area contributed by atoms with Gasteiger partial charge in [-0.25, -0.2) is 4.98 Å². The van der Waals surface area contributed by atoms with Gasteiger partial charge in [0.2, 0.25) is 0 Å². The average molecular weight is 349 g/mol. The molecule has 0 bridgehead atoms. The fraction of sp³-hybridized carbons (Fsp3) is 0.400. The lowest BCUT2D eigenvalue weighted by molar-refractivity contribution is 0.165. The second kappa shape index (κ2) is 5.99. The first kappa shape index (κ1) is 15.6.